The summed E-state index contributed by atoms with van der Waals surface area (Å²) >= 11 is 0. The minimum atomic E-state index is -0.0111. The molecule has 4 heteroatoms. The highest BCUT2D eigenvalue weighted by Gasteiger charge is 2.38. The van der Waals surface area contributed by atoms with Gasteiger partial charge in [0.2, 0.25) is 0 Å². The summed E-state index contributed by atoms with van der Waals surface area (Å²) in [5.41, 5.74) is 1.28. The Morgan fingerprint density at radius 2 is 2.05 bits per heavy atom. The van der Waals surface area contributed by atoms with Gasteiger partial charge < -0.3 is 10.2 Å². The van der Waals surface area contributed by atoms with Gasteiger partial charge in [-0.2, -0.15) is 5.26 Å². The fraction of sp³-hybridized carbons (Fsp3) is 0.333. The SMILES string of the molecule is N#Cc1ccc2ccc(C(=O)NC3CN4CCC3C4)cc2c1. The Balaban J connectivity index is 1.57. The molecular formula is C18H17N3O. The lowest BCUT2D eigenvalue weighted by atomic mass is 9.99. The minimum absolute atomic E-state index is 0.0111. The van der Waals surface area contributed by atoms with E-state index in [9.17, 15) is 4.79 Å². The maximum Gasteiger partial charge on any atom is 0.251 e. The number of rotatable bonds is 2. The lowest BCUT2D eigenvalue weighted by Crippen LogP contribution is -2.43. The molecule has 2 heterocycles. The molecular weight excluding hydrogens is 274 g/mol. The number of piperidine rings is 1. The molecule has 4 rings (SSSR count). The van der Waals surface area contributed by atoms with Crippen LogP contribution >= 0.6 is 0 Å². The van der Waals surface area contributed by atoms with E-state index in [-0.39, 0.29) is 11.9 Å². The molecule has 4 nitrogen and oxygen atoms in total. The zero-order chi connectivity index (χ0) is 15.1. The molecule has 2 aliphatic heterocycles. The lowest BCUT2D eigenvalue weighted by molar-refractivity contribution is 0.0924. The first-order chi connectivity index (χ1) is 10.7. The second-order valence-corrected chi connectivity index (χ2v) is 6.28. The largest absolute Gasteiger partial charge is 0.348 e. The number of nitrogens with zero attached hydrogens (tertiary/aromatic N) is 2. The topological polar surface area (TPSA) is 56.1 Å². The van der Waals surface area contributed by atoms with Gasteiger partial charge in [0, 0.05) is 24.7 Å². The van der Waals surface area contributed by atoms with Crippen LogP contribution in [0.5, 0.6) is 0 Å². The van der Waals surface area contributed by atoms with Crippen LogP contribution in [0, 0.1) is 17.2 Å². The number of hydrogen-bond donors (Lipinski definition) is 1. The number of amides is 1. The van der Waals surface area contributed by atoms with Crippen molar-refractivity contribution in [3.05, 3.63) is 47.5 Å². The maximum absolute atomic E-state index is 12.5. The Kier molecular flexibility index (Phi) is 3.09. The molecule has 2 bridgehead atoms. The predicted octanol–water partition coefficient (Wildman–Crippen LogP) is 2.15. The van der Waals surface area contributed by atoms with Crippen molar-refractivity contribution < 1.29 is 4.79 Å². The molecule has 3 unspecified atom stereocenters. The van der Waals surface area contributed by atoms with Crippen LogP contribution in [-0.4, -0.2) is 36.5 Å². The van der Waals surface area contributed by atoms with Crippen molar-refractivity contribution >= 4 is 16.7 Å². The summed E-state index contributed by atoms with van der Waals surface area (Å²) in [5, 5.41) is 14.1. The Morgan fingerprint density at radius 1 is 1.18 bits per heavy atom. The molecule has 0 aliphatic carbocycles. The van der Waals surface area contributed by atoms with Crippen molar-refractivity contribution in [2.75, 3.05) is 19.6 Å². The maximum atomic E-state index is 12.5. The zero-order valence-corrected chi connectivity index (χ0v) is 12.2. The third-order valence-corrected chi connectivity index (χ3v) is 4.88. The van der Waals surface area contributed by atoms with E-state index in [2.05, 4.69) is 16.3 Å². The molecule has 3 atom stereocenters. The molecule has 1 N–H and O–H groups in total. The summed E-state index contributed by atoms with van der Waals surface area (Å²) in [5.74, 6) is 0.595. The average molecular weight is 291 g/mol. The molecule has 2 aliphatic rings. The van der Waals surface area contributed by atoms with Gasteiger partial charge in [0.25, 0.3) is 5.91 Å². The van der Waals surface area contributed by atoms with Gasteiger partial charge >= 0.3 is 0 Å². The van der Waals surface area contributed by atoms with Crippen molar-refractivity contribution in [3.8, 4) is 6.07 Å². The van der Waals surface area contributed by atoms with Crippen molar-refractivity contribution in [1.29, 1.82) is 5.26 Å². The molecule has 110 valence electrons. The molecule has 22 heavy (non-hydrogen) atoms. The van der Waals surface area contributed by atoms with Crippen LogP contribution in [0.15, 0.2) is 36.4 Å². The Morgan fingerprint density at radius 3 is 2.77 bits per heavy atom. The van der Waals surface area contributed by atoms with E-state index in [1.54, 1.807) is 6.07 Å². The quantitative estimate of drug-likeness (QED) is 0.922. The van der Waals surface area contributed by atoms with Gasteiger partial charge in [-0.15, -0.1) is 0 Å². The van der Waals surface area contributed by atoms with E-state index < -0.39 is 0 Å². The van der Waals surface area contributed by atoms with Crippen molar-refractivity contribution in [1.82, 2.24) is 10.2 Å². The fourth-order valence-electron chi connectivity index (χ4n) is 3.66. The number of carbonyl (C=O) groups is 1. The van der Waals surface area contributed by atoms with E-state index in [1.165, 1.54) is 13.0 Å². The smallest absolute Gasteiger partial charge is 0.251 e. The monoisotopic (exact) mass is 291 g/mol. The van der Waals surface area contributed by atoms with Crippen LogP contribution in [0.25, 0.3) is 10.8 Å². The Labute approximate surface area is 129 Å². The van der Waals surface area contributed by atoms with E-state index in [0.29, 0.717) is 17.0 Å². The summed E-state index contributed by atoms with van der Waals surface area (Å²) in [6.07, 6.45) is 1.19. The molecule has 2 aromatic rings. The van der Waals surface area contributed by atoms with Crippen molar-refractivity contribution in [2.24, 2.45) is 5.92 Å². The summed E-state index contributed by atoms with van der Waals surface area (Å²) in [6.45, 7) is 3.26. The van der Waals surface area contributed by atoms with Crippen LogP contribution in [-0.2, 0) is 0 Å². The highest BCUT2D eigenvalue weighted by atomic mass is 16.1. The van der Waals surface area contributed by atoms with Gasteiger partial charge in [0.05, 0.1) is 11.6 Å². The third kappa shape index (κ3) is 2.24. The van der Waals surface area contributed by atoms with Crippen molar-refractivity contribution in [3.63, 3.8) is 0 Å². The second-order valence-electron chi connectivity index (χ2n) is 6.28. The summed E-state index contributed by atoms with van der Waals surface area (Å²) in [7, 11) is 0. The first-order valence-electron chi connectivity index (χ1n) is 7.70. The molecule has 0 spiro atoms. The number of fused-ring (bicyclic) bond motifs is 3. The Hall–Kier alpha value is -2.38. The number of benzene rings is 2. The van der Waals surface area contributed by atoms with E-state index in [0.717, 1.165) is 23.9 Å². The summed E-state index contributed by atoms with van der Waals surface area (Å²) < 4.78 is 0. The normalized spacial score (nSPS) is 26.0. The molecule has 0 saturated carbocycles. The third-order valence-electron chi connectivity index (χ3n) is 4.88. The van der Waals surface area contributed by atoms with Crippen LogP contribution < -0.4 is 5.32 Å². The highest BCUT2D eigenvalue weighted by Crippen LogP contribution is 2.28. The van der Waals surface area contributed by atoms with Gasteiger partial charge in [-0.25, -0.2) is 0 Å². The number of carbonyl (C=O) groups excluding carboxylic acids is 1. The molecule has 2 saturated heterocycles. The Bertz CT molecular complexity index is 793. The van der Waals surface area contributed by atoms with E-state index in [4.69, 9.17) is 5.26 Å². The summed E-state index contributed by atoms with van der Waals surface area (Å²) in [6, 6.07) is 13.6. The molecule has 2 fully saturated rings. The van der Waals surface area contributed by atoms with Gasteiger partial charge in [-0.3, -0.25) is 4.79 Å². The van der Waals surface area contributed by atoms with Crippen LogP contribution in [0.3, 0.4) is 0 Å². The molecule has 0 aromatic heterocycles. The number of nitrogens with one attached hydrogen (secondary N) is 1. The average Bonchev–Trinajstić information content (AvgIpc) is 3.16. The highest BCUT2D eigenvalue weighted by molar-refractivity contribution is 5.99. The van der Waals surface area contributed by atoms with E-state index >= 15 is 0 Å². The van der Waals surface area contributed by atoms with Gasteiger partial charge in [0.15, 0.2) is 0 Å². The first-order valence-corrected chi connectivity index (χ1v) is 7.70. The number of hydrogen-bond acceptors (Lipinski definition) is 3. The standard InChI is InChI=1S/C18H17N3O/c19-9-12-1-2-13-3-4-14(8-16(13)7-12)18(22)20-17-11-21-6-5-15(17)10-21/h1-4,7-8,15,17H,5-6,10-11H2,(H,20,22). The fourth-order valence-corrected chi connectivity index (χ4v) is 3.66. The minimum Gasteiger partial charge on any atom is -0.348 e. The van der Waals surface area contributed by atoms with Crippen LogP contribution in [0.1, 0.15) is 22.3 Å². The van der Waals surface area contributed by atoms with Gasteiger partial charge in [-0.05, 0) is 53.9 Å². The second kappa shape index (κ2) is 5.11. The van der Waals surface area contributed by atoms with Crippen LogP contribution in [0.4, 0.5) is 0 Å². The molecule has 0 radical (unpaired) electrons. The van der Waals surface area contributed by atoms with Crippen LogP contribution in [0.2, 0.25) is 0 Å². The summed E-state index contributed by atoms with van der Waals surface area (Å²) in [4.78, 5) is 14.9. The predicted molar refractivity (Wildman–Crippen MR) is 84.5 cm³/mol. The van der Waals surface area contributed by atoms with Crippen molar-refractivity contribution in [2.45, 2.75) is 12.5 Å². The molecule has 2 aromatic carbocycles. The number of nitriles is 1. The first kappa shape index (κ1) is 13.3. The van der Waals surface area contributed by atoms with Gasteiger partial charge in [0.1, 0.15) is 0 Å². The molecule has 1 amide bonds. The zero-order valence-electron chi connectivity index (χ0n) is 12.2. The van der Waals surface area contributed by atoms with E-state index in [1.807, 2.05) is 30.3 Å². The lowest BCUT2D eigenvalue weighted by Gasteiger charge is -2.23. The van der Waals surface area contributed by atoms with Gasteiger partial charge in [-0.1, -0.05) is 12.1 Å².